The summed E-state index contributed by atoms with van der Waals surface area (Å²) in [5.41, 5.74) is 2.33. The molecule has 1 amide bonds. The number of carbonyl (C=O) groups is 1. The third-order valence-electron chi connectivity index (χ3n) is 6.03. The Bertz CT molecular complexity index is 1630. The second-order valence-corrected chi connectivity index (χ2v) is 11.2. The number of aromatic nitrogens is 4. The Labute approximate surface area is 213 Å². The van der Waals surface area contributed by atoms with Crippen LogP contribution in [0.25, 0.3) is 16.6 Å². The van der Waals surface area contributed by atoms with Crippen LogP contribution >= 0.6 is 0 Å². The zero-order valence-electron chi connectivity index (χ0n) is 20.8. The fraction of sp³-hybridized carbons (Fsp3) is 0.333. The Morgan fingerprint density at radius 1 is 1.16 bits per heavy atom. The molecule has 194 valence electrons. The highest BCUT2D eigenvalue weighted by Crippen LogP contribution is 2.31. The molecule has 1 aliphatic heterocycles. The Kier molecular flexibility index (Phi) is 6.20. The summed E-state index contributed by atoms with van der Waals surface area (Å²) < 4.78 is 41.9. The summed E-state index contributed by atoms with van der Waals surface area (Å²) in [6.45, 7) is 7.40. The first-order valence-electron chi connectivity index (χ1n) is 11.7. The fourth-order valence-electron chi connectivity index (χ4n) is 4.75. The highest BCUT2D eigenvalue weighted by molar-refractivity contribution is 7.91. The van der Waals surface area contributed by atoms with Crippen molar-refractivity contribution in [1.82, 2.24) is 24.7 Å². The van der Waals surface area contributed by atoms with Crippen molar-refractivity contribution in [3.63, 3.8) is 0 Å². The van der Waals surface area contributed by atoms with Crippen LogP contribution in [-0.2, 0) is 10.0 Å². The van der Waals surface area contributed by atoms with Crippen LogP contribution in [0.2, 0.25) is 0 Å². The number of amides is 1. The predicted octanol–water partition coefficient (Wildman–Crippen LogP) is 2.54. The third kappa shape index (κ3) is 5.18. The van der Waals surface area contributed by atoms with Gasteiger partial charge < -0.3 is 19.9 Å². The summed E-state index contributed by atoms with van der Waals surface area (Å²) >= 11 is 0. The first kappa shape index (κ1) is 24.8. The molecule has 0 radical (unpaired) electrons. The molecular formula is C24H27FN8O3S. The maximum atomic E-state index is 14.6. The first-order chi connectivity index (χ1) is 17.5. The van der Waals surface area contributed by atoms with Crippen molar-refractivity contribution in [3.8, 4) is 0 Å². The van der Waals surface area contributed by atoms with Gasteiger partial charge in [0.25, 0.3) is 5.91 Å². The van der Waals surface area contributed by atoms with Crippen LogP contribution in [0.5, 0.6) is 0 Å². The number of fused-ring (bicyclic) bond motifs is 2. The molecule has 0 spiro atoms. The van der Waals surface area contributed by atoms with Gasteiger partial charge in [-0.1, -0.05) is 0 Å². The minimum atomic E-state index is -3.64. The lowest BCUT2D eigenvalue weighted by atomic mass is 10.0. The third-order valence-corrected chi connectivity index (χ3v) is 6.59. The summed E-state index contributed by atoms with van der Waals surface area (Å²) in [5.74, 6) is -1.25. The molecule has 2 atom stereocenters. The number of piperazine rings is 1. The maximum absolute atomic E-state index is 14.6. The lowest BCUT2D eigenvalue weighted by molar-refractivity contribution is 0.102. The van der Waals surface area contributed by atoms with Crippen molar-refractivity contribution in [2.45, 2.75) is 32.9 Å². The quantitative estimate of drug-likeness (QED) is 0.361. The summed E-state index contributed by atoms with van der Waals surface area (Å²) in [4.78, 5) is 28.3. The molecule has 0 saturated carbocycles. The summed E-state index contributed by atoms with van der Waals surface area (Å²) in [6.07, 6.45) is 5.74. The lowest BCUT2D eigenvalue weighted by Gasteiger charge is -2.38. The van der Waals surface area contributed by atoms with Crippen molar-refractivity contribution < 1.29 is 17.6 Å². The van der Waals surface area contributed by atoms with Gasteiger partial charge in [0, 0.05) is 60.9 Å². The van der Waals surface area contributed by atoms with Crippen LogP contribution in [0.1, 0.15) is 29.9 Å². The fourth-order valence-corrected chi connectivity index (χ4v) is 5.18. The second kappa shape index (κ2) is 9.23. The zero-order chi connectivity index (χ0) is 26.5. The van der Waals surface area contributed by atoms with E-state index in [2.05, 4.69) is 49.1 Å². The largest absolute Gasteiger partial charge is 0.368 e. The number of hydrogen-bond acceptors (Lipinski definition) is 8. The molecule has 37 heavy (non-hydrogen) atoms. The number of benzene rings is 1. The SMILES string of the molecule is Cc1cn2cc(NC(=O)c3ccc(N4C[C@@H](C)N[C@H](C)C4)c4cnc(NS(C)(=O)=O)nc34)cc(F)c2n1. The van der Waals surface area contributed by atoms with Crippen LogP contribution in [-0.4, -0.2) is 65.1 Å². The van der Waals surface area contributed by atoms with Crippen molar-refractivity contribution in [2.24, 2.45) is 0 Å². The van der Waals surface area contributed by atoms with Crippen molar-refractivity contribution in [2.75, 3.05) is 34.3 Å². The summed E-state index contributed by atoms with van der Waals surface area (Å²) in [5, 5.41) is 6.81. The molecule has 0 unspecified atom stereocenters. The van der Waals surface area contributed by atoms with Gasteiger partial charge in [-0.05, 0) is 32.9 Å². The van der Waals surface area contributed by atoms with Gasteiger partial charge >= 0.3 is 0 Å². The molecule has 4 aromatic rings. The van der Waals surface area contributed by atoms with Crippen molar-refractivity contribution >= 4 is 49.8 Å². The van der Waals surface area contributed by atoms with Crippen molar-refractivity contribution in [3.05, 3.63) is 53.9 Å². The average Bonchev–Trinajstić information content (AvgIpc) is 3.17. The minimum absolute atomic E-state index is 0.149. The van der Waals surface area contributed by atoms with Crippen LogP contribution in [0.4, 0.5) is 21.7 Å². The van der Waals surface area contributed by atoms with E-state index in [1.165, 1.54) is 16.7 Å². The molecule has 4 heterocycles. The standard InChI is InChI=1S/C24H27FN8O3S/c1-13-9-32(10-14(2)27-13)20-6-5-17(21-18(20)8-26-24(30-21)31-37(4,35)36)23(34)29-16-7-19(25)22-28-15(3)11-33(22)12-16/h5-8,11-14,27H,9-10H2,1-4H3,(H,29,34)(H,26,30,31)/t13-,14-/m1/s1. The smallest absolute Gasteiger partial charge is 0.257 e. The molecule has 1 aromatic carbocycles. The molecule has 3 aromatic heterocycles. The predicted molar refractivity (Wildman–Crippen MR) is 140 cm³/mol. The molecule has 1 saturated heterocycles. The summed E-state index contributed by atoms with van der Waals surface area (Å²) in [6, 6.07) is 5.15. The number of rotatable bonds is 5. The van der Waals surface area contributed by atoms with E-state index in [-0.39, 0.29) is 40.4 Å². The van der Waals surface area contributed by atoms with E-state index >= 15 is 0 Å². The van der Waals surface area contributed by atoms with E-state index in [1.54, 1.807) is 25.4 Å². The molecule has 11 nitrogen and oxygen atoms in total. The maximum Gasteiger partial charge on any atom is 0.257 e. The van der Waals surface area contributed by atoms with E-state index in [1.807, 2.05) is 6.07 Å². The Hall–Kier alpha value is -3.84. The number of nitrogens with one attached hydrogen (secondary N) is 3. The molecule has 1 aliphatic rings. The number of anilines is 3. The number of hydrogen-bond donors (Lipinski definition) is 3. The Morgan fingerprint density at radius 3 is 2.59 bits per heavy atom. The van der Waals surface area contributed by atoms with E-state index < -0.39 is 21.7 Å². The monoisotopic (exact) mass is 526 g/mol. The highest BCUT2D eigenvalue weighted by Gasteiger charge is 2.25. The van der Waals surface area contributed by atoms with Gasteiger partial charge in [0.1, 0.15) is 0 Å². The highest BCUT2D eigenvalue weighted by atomic mass is 32.2. The number of nitrogens with zero attached hydrogens (tertiary/aromatic N) is 5. The molecule has 5 rings (SSSR count). The van der Waals surface area contributed by atoms with Gasteiger partial charge in [-0.25, -0.2) is 27.8 Å². The van der Waals surface area contributed by atoms with Gasteiger partial charge in [-0.2, -0.15) is 0 Å². The normalized spacial score (nSPS) is 18.4. The summed E-state index contributed by atoms with van der Waals surface area (Å²) in [7, 11) is -3.64. The Morgan fingerprint density at radius 2 is 1.89 bits per heavy atom. The van der Waals surface area contributed by atoms with Gasteiger partial charge in [-0.15, -0.1) is 0 Å². The van der Waals surface area contributed by atoms with Crippen molar-refractivity contribution in [1.29, 1.82) is 0 Å². The van der Waals surface area contributed by atoms with Gasteiger partial charge in [0.2, 0.25) is 16.0 Å². The second-order valence-electron chi connectivity index (χ2n) is 9.48. The van der Waals surface area contributed by atoms with E-state index in [9.17, 15) is 17.6 Å². The number of pyridine rings is 1. The molecule has 13 heteroatoms. The number of imidazole rings is 1. The number of halogens is 1. The van der Waals surface area contributed by atoms with E-state index in [0.29, 0.717) is 11.1 Å². The van der Waals surface area contributed by atoms with Crippen LogP contribution in [0, 0.1) is 12.7 Å². The zero-order valence-corrected chi connectivity index (χ0v) is 21.6. The van der Waals surface area contributed by atoms with Crippen LogP contribution < -0.4 is 20.3 Å². The topological polar surface area (TPSA) is 134 Å². The van der Waals surface area contributed by atoms with Gasteiger partial charge in [0.05, 0.1) is 28.7 Å². The number of aryl methyl sites for hydroxylation is 1. The molecule has 0 bridgehead atoms. The molecule has 3 N–H and O–H groups in total. The Balaban J connectivity index is 1.58. The van der Waals surface area contributed by atoms with Crippen LogP contribution in [0.15, 0.2) is 36.8 Å². The molecule has 0 aliphatic carbocycles. The van der Waals surface area contributed by atoms with E-state index in [4.69, 9.17) is 0 Å². The van der Waals surface area contributed by atoms with Gasteiger partial charge in [0.15, 0.2) is 11.5 Å². The minimum Gasteiger partial charge on any atom is -0.368 e. The first-order valence-corrected chi connectivity index (χ1v) is 13.6. The van der Waals surface area contributed by atoms with Gasteiger partial charge in [-0.3, -0.25) is 9.52 Å². The number of sulfonamides is 1. The van der Waals surface area contributed by atoms with Crippen LogP contribution in [0.3, 0.4) is 0 Å². The molecule has 1 fully saturated rings. The molecular weight excluding hydrogens is 499 g/mol. The van der Waals surface area contributed by atoms with E-state index in [0.717, 1.165) is 25.0 Å². The lowest BCUT2D eigenvalue weighted by Crippen LogP contribution is -2.54. The average molecular weight is 527 g/mol. The number of carbonyl (C=O) groups excluding carboxylic acids is 1.